The lowest BCUT2D eigenvalue weighted by atomic mass is 9.91. The van der Waals surface area contributed by atoms with Gasteiger partial charge in [-0.25, -0.2) is 0 Å². The molecule has 3 rings (SSSR count). The van der Waals surface area contributed by atoms with Crippen molar-refractivity contribution in [2.24, 2.45) is 0 Å². The highest BCUT2D eigenvalue weighted by molar-refractivity contribution is 5.54. The molecule has 1 aromatic heterocycles. The van der Waals surface area contributed by atoms with E-state index in [-0.39, 0.29) is 0 Å². The third kappa shape index (κ3) is 2.41. The Morgan fingerprint density at radius 3 is 3.06 bits per heavy atom. The molecule has 3 heteroatoms. The number of anilines is 1. The summed E-state index contributed by atoms with van der Waals surface area (Å²) in [4.78, 5) is 0. The van der Waals surface area contributed by atoms with E-state index < -0.39 is 0 Å². The lowest BCUT2D eigenvalue weighted by Gasteiger charge is -2.26. The Morgan fingerprint density at radius 2 is 2.17 bits per heavy atom. The smallest absolute Gasteiger partial charge is 0.117 e. The average Bonchev–Trinajstić information content (AvgIpc) is 2.92. The van der Waals surface area contributed by atoms with Gasteiger partial charge in [0.25, 0.3) is 0 Å². The van der Waals surface area contributed by atoms with Gasteiger partial charge in [-0.1, -0.05) is 18.2 Å². The number of fused-ring (bicyclic) bond motifs is 1. The van der Waals surface area contributed by atoms with E-state index in [1.807, 2.05) is 12.1 Å². The summed E-state index contributed by atoms with van der Waals surface area (Å²) in [6.07, 6.45) is 2.90. The van der Waals surface area contributed by atoms with Crippen LogP contribution in [0.5, 0.6) is 0 Å². The first kappa shape index (κ1) is 11.4. The van der Waals surface area contributed by atoms with Gasteiger partial charge in [0.2, 0.25) is 0 Å². The molecule has 1 unspecified atom stereocenters. The van der Waals surface area contributed by atoms with Gasteiger partial charge < -0.3 is 15.1 Å². The third-order valence-electron chi connectivity index (χ3n) is 3.48. The van der Waals surface area contributed by atoms with Crippen molar-refractivity contribution in [1.82, 2.24) is 5.32 Å². The first-order chi connectivity index (χ1) is 8.93. The number of hydrogen-bond acceptors (Lipinski definition) is 3. The van der Waals surface area contributed by atoms with Crippen LogP contribution in [0.25, 0.3) is 0 Å². The van der Waals surface area contributed by atoms with Crippen LogP contribution in [0.2, 0.25) is 0 Å². The molecule has 94 valence electrons. The molecule has 0 fully saturated rings. The molecular formula is C15H18N2O. The largest absolute Gasteiger partial charge is 0.468 e. The maximum atomic E-state index is 5.32. The SMILES string of the molecule is c1coc(CNCC2CCNc3ccccc32)c1. The normalized spacial score (nSPS) is 18.1. The molecule has 2 heterocycles. The maximum Gasteiger partial charge on any atom is 0.117 e. The van der Waals surface area contributed by atoms with Gasteiger partial charge in [-0.2, -0.15) is 0 Å². The summed E-state index contributed by atoms with van der Waals surface area (Å²) in [7, 11) is 0. The van der Waals surface area contributed by atoms with Gasteiger partial charge in [-0.15, -0.1) is 0 Å². The molecule has 0 radical (unpaired) electrons. The number of nitrogens with one attached hydrogen (secondary N) is 2. The van der Waals surface area contributed by atoms with Crippen LogP contribution in [-0.4, -0.2) is 13.1 Å². The predicted molar refractivity (Wildman–Crippen MR) is 72.7 cm³/mol. The van der Waals surface area contributed by atoms with Crippen molar-refractivity contribution in [3.8, 4) is 0 Å². The zero-order chi connectivity index (χ0) is 12.2. The van der Waals surface area contributed by atoms with Crippen molar-refractivity contribution < 1.29 is 4.42 Å². The summed E-state index contributed by atoms with van der Waals surface area (Å²) >= 11 is 0. The van der Waals surface area contributed by atoms with E-state index in [1.165, 1.54) is 17.7 Å². The van der Waals surface area contributed by atoms with Gasteiger partial charge in [0.15, 0.2) is 0 Å². The van der Waals surface area contributed by atoms with Crippen LogP contribution < -0.4 is 10.6 Å². The predicted octanol–water partition coefficient (Wildman–Crippen LogP) is 2.97. The highest BCUT2D eigenvalue weighted by Gasteiger charge is 2.18. The Bertz CT molecular complexity index is 493. The number of rotatable bonds is 4. The second kappa shape index (κ2) is 5.27. The summed E-state index contributed by atoms with van der Waals surface area (Å²) in [6.45, 7) is 2.86. The van der Waals surface area contributed by atoms with Gasteiger partial charge in [-0.3, -0.25) is 0 Å². The molecule has 1 atom stereocenters. The van der Waals surface area contributed by atoms with Crippen molar-refractivity contribution in [2.45, 2.75) is 18.9 Å². The highest BCUT2D eigenvalue weighted by atomic mass is 16.3. The summed E-state index contributed by atoms with van der Waals surface area (Å²) < 4.78 is 5.32. The van der Waals surface area contributed by atoms with Crippen molar-refractivity contribution in [2.75, 3.05) is 18.4 Å². The van der Waals surface area contributed by atoms with Crippen LogP contribution in [0.4, 0.5) is 5.69 Å². The van der Waals surface area contributed by atoms with Gasteiger partial charge in [-0.05, 0) is 30.2 Å². The summed E-state index contributed by atoms with van der Waals surface area (Å²) in [6, 6.07) is 12.5. The minimum Gasteiger partial charge on any atom is -0.468 e. The molecule has 1 aliphatic heterocycles. The number of furan rings is 1. The Labute approximate surface area is 107 Å². The quantitative estimate of drug-likeness (QED) is 0.865. The Morgan fingerprint density at radius 1 is 1.22 bits per heavy atom. The maximum absolute atomic E-state index is 5.32. The molecule has 2 N–H and O–H groups in total. The standard InChI is InChI=1S/C15H18N2O/c1-2-6-15-14(5-1)12(7-8-17-15)10-16-11-13-4-3-9-18-13/h1-6,9,12,16-17H,7-8,10-11H2. The molecule has 0 amide bonds. The topological polar surface area (TPSA) is 37.2 Å². The zero-order valence-electron chi connectivity index (χ0n) is 10.4. The van der Waals surface area contributed by atoms with E-state index in [1.54, 1.807) is 6.26 Å². The number of benzene rings is 1. The van der Waals surface area contributed by atoms with Gasteiger partial charge in [0, 0.05) is 24.7 Å². The van der Waals surface area contributed by atoms with E-state index in [2.05, 4.69) is 34.9 Å². The summed E-state index contributed by atoms with van der Waals surface area (Å²) in [5.74, 6) is 1.59. The molecule has 0 aliphatic carbocycles. The average molecular weight is 242 g/mol. The molecule has 1 aliphatic rings. The van der Waals surface area contributed by atoms with Crippen LogP contribution in [0.3, 0.4) is 0 Å². The zero-order valence-corrected chi connectivity index (χ0v) is 10.4. The fraction of sp³-hybridized carbons (Fsp3) is 0.333. The van der Waals surface area contributed by atoms with Gasteiger partial charge in [0.05, 0.1) is 12.8 Å². The van der Waals surface area contributed by atoms with Crippen molar-refractivity contribution in [3.63, 3.8) is 0 Å². The fourth-order valence-electron chi connectivity index (χ4n) is 2.55. The number of para-hydroxylation sites is 1. The highest BCUT2D eigenvalue weighted by Crippen LogP contribution is 2.30. The van der Waals surface area contributed by atoms with E-state index in [0.717, 1.165) is 25.4 Å². The fourth-order valence-corrected chi connectivity index (χ4v) is 2.55. The molecular weight excluding hydrogens is 224 g/mol. The minimum atomic E-state index is 0.595. The number of hydrogen-bond donors (Lipinski definition) is 2. The molecule has 0 bridgehead atoms. The van der Waals surface area contributed by atoms with E-state index in [9.17, 15) is 0 Å². The first-order valence-electron chi connectivity index (χ1n) is 6.49. The molecule has 1 aromatic carbocycles. The lowest BCUT2D eigenvalue weighted by Crippen LogP contribution is -2.26. The second-order valence-corrected chi connectivity index (χ2v) is 4.71. The first-order valence-corrected chi connectivity index (χ1v) is 6.49. The van der Waals surface area contributed by atoms with Crippen LogP contribution in [-0.2, 0) is 6.54 Å². The molecule has 0 saturated heterocycles. The van der Waals surface area contributed by atoms with Crippen molar-refractivity contribution >= 4 is 5.69 Å². The van der Waals surface area contributed by atoms with Crippen LogP contribution in [0.1, 0.15) is 23.7 Å². The Balaban J connectivity index is 1.60. The van der Waals surface area contributed by atoms with Crippen molar-refractivity contribution in [1.29, 1.82) is 0 Å². The lowest BCUT2D eigenvalue weighted by molar-refractivity contribution is 0.467. The molecule has 2 aromatic rings. The van der Waals surface area contributed by atoms with E-state index >= 15 is 0 Å². The van der Waals surface area contributed by atoms with E-state index in [0.29, 0.717) is 5.92 Å². The molecule has 18 heavy (non-hydrogen) atoms. The van der Waals surface area contributed by atoms with E-state index in [4.69, 9.17) is 4.42 Å². The van der Waals surface area contributed by atoms with Crippen molar-refractivity contribution in [3.05, 3.63) is 54.0 Å². The summed E-state index contributed by atoms with van der Waals surface area (Å²) in [5, 5.41) is 6.93. The van der Waals surface area contributed by atoms with Crippen LogP contribution in [0, 0.1) is 0 Å². The monoisotopic (exact) mass is 242 g/mol. The minimum absolute atomic E-state index is 0.595. The summed E-state index contributed by atoms with van der Waals surface area (Å²) in [5.41, 5.74) is 2.71. The van der Waals surface area contributed by atoms with Gasteiger partial charge in [0.1, 0.15) is 5.76 Å². The third-order valence-corrected chi connectivity index (χ3v) is 3.48. The second-order valence-electron chi connectivity index (χ2n) is 4.71. The van der Waals surface area contributed by atoms with Gasteiger partial charge >= 0.3 is 0 Å². The van der Waals surface area contributed by atoms with Crippen LogP contribution in [0.15, 0.2) is 47.1 Å². The van der Waals surface area contributed by atoms with Crippen LogP contribution >= 0.6 is 0 Å². The Kier molecular flexibility index (Phi) is 3.33. The molecule has 0 spiro atoms. The molecule has 0 saturated carbocycles. The Hall–Kier alpha value is -1.74. The molecule has 3 nitrogen and oxygen atoms in total.